The minimum absolute atomic E-state index is 0.0261. The highest BCUT2D eigenvalue weighted by Gasteiger charge is 2.57. The summed E-state index contributed by atoms with van der Waals surface area (Å²) in [4.78, 5) is 81.9. The number of hydrogen-bond donors (Lipinski definition) is 2. The summed E-state index contributed by atoms with van der Waals surface area (Å²) in [7, 11) is 0. The number of benzene rings is 2. The third-order valence-corrected chi connectivity index (χ3v) is 11.6. The lowest BCUT2D eigenvalue weighted by atomic mass is 9.91. The number of aromatic nitrogens is 3. The van der Waals surface area contributed by atoms with E-state index in [4.69, 9.17) is 23.2 Å². The van der Waals surface area contributed by atoms with E-state index in [2.05, 4.69) is 26.7 Å². The van der Waals surface area contributed by atoms with E-state index in [1.54, 1.807) is 82.0 Å². The number of halogens is 2. The molecule has 2 saturated carbocycles. The van der Waals surface area contributed by atoms with Crippen LogP contribution in [0.15, 0.2) is 66.9 Å². The Kier molecular flexibility index (Phi) is 9.13. The molecule has 2 aromatic heterocycles. The maximum atomic E-state index is 14.5. The van der Waals surface area contributed by atoms with Crippen molar-refractivity contribution >= 4 is 64.4 Å². The first kappa shape index (κ1) is 37.2. The van der Waals surface area contributed by atoms with Crippen LogP contribution < -0.4 is 15.5 Å². The van der Waals surface area contributed by atoms with Crippen molar-refractivity contribution in [2.75, 3.05) is 31.1 Å². The summed E-state index contributed by atoms with van der Waals surface area (Å²) < 4.78 is 1.58. The maximum Gasteiger partial charge on any atom is 0.272 e. The van der Waals surface area contributed by atoms with Gasteiger partial charge in [-0.25, -0.2) is 14.9 Å². The molecule has 4 heterocycles. The molecule has 0 spiro atoms. The van der Waals surface area contributed by atoms with Gasteiger partial charge in [0, 0.05) is 49.6 Å². The zero-order valence-electron chi connectivity index (χ0n) is 30.6. The molecule has 1 saturated heterocycles. The molecule has 0 radical (unpaired) electrons. The third kappa shape index (κ3) is 6.54. The zero-order chi connectivity index (χ0) is 39.6. The lowest BCUT2D eigenvalue weighted by molar-refractivity contribution is -0.130. The second-order valence-corrected chi connectivity index (χ2v) is 16.0. The molecular weight excluding hydrogens is 757 g/mol. The minimum Gasteiger partial charge on any atom is -0.343 e. The molecule has 2 aliphatic heterocycles. The van der Waals surface area contributed by atoms with E-state index in [0.29, 0.717) is 78.9 Å². The topological polar surface area (TPSA) is 174 Å². The molecule has 0 unspecified atom stereocenters. The standard InChI is InChI=1S/C40H37Cl2N9O5/c1-24(52)48-14-16-49(17-15-48)34(54)30-4-3-5-32(45-30)39(10-11-39)47-35(55)40(12-13-40)46-33(53)31-23-44-37-50(29-19-27(41)18-28(42)20-29)36(56)38(2,51(31)37)21-25-6-8-26(22-43)9-7-25/h3-9,18-20,23H,10-17,21H2,1-2H3,(H,46,53)(H,47,55)/t38-/m1/s1. The van der Waals surface area contributed by atoms with E-state index < -0.39 is 22.5 Å². The van der Waals surface area contributed by atoms with Gasteiger partial charge >= 0.3 is 0 Å². The molecule has 4 aromatic rings. The Morgan fingerprint density at radius 1 is 0.893 bits per heavy atom. The van der Waals surface area contributed by atoms with Gasteiger partial charge in [0.25, 0.3) is 17.7 Å². The van der Waals surface area contributed by atoms with Gasteiger partial charge in [0.2, 0.25) is 17.8 Å². The van der Waals surface area contributed by atoms with E-state index in [1.165, 1.54) is 18.0 Å². The average Bonchev–Trinajstić information content (AvgIpc) is 4.09. The van der Waals surface area contributed by atoms with Gasteiger partial charge in [0.05, 0.1) is 34.7 Å². The Morgan fingerprint density at radius 2 is 1.55 bits per heavy atom. The predicted molar refractivity (Wildman–Crippen MR) is 205 cm³/mol. The number of anilines is 2. The fraction of sp³-hybridized carbons (Fsp3) is 0.350. The number of carbonyl (C=O) groups is 5. The molecule has 2 N–H and O–H groups in total. The molecule has 16 heteroatoms. The number of nitrogens with zero attached hydrogens (tertiary/aromatic N) is 7. The zero-order valence-corrected chi connectivity index (χ0v) is 32.2. The van der Waals surface area contributed by atoms with Crippen LogP contribution in [0.1, 0.15) is 77.3 Å². The fourth-order valence-electron chi connectivity index (χ4n) is 7.65. The molecule has 4 aliphatic rings. The van der Waals surface area contributed by atoms with Gasteiger partial charge in [-0.2, -0.15) is 5.26 Å². The molecule has 286 valence electrons. The lowest BCUT2D eigenvalue weighted by Crippen LogP contribution is -2.52. The molecule has 8 rings (SSSR count). The molecule has 1 atom stereocenters. The van der Waals surface area contributed by atoms with E-state index in [0.717, 1.165) is 5.56 Å². The number of fused-ring (bicyclic) bond motifs is 1. The molecule has 2 aromatic carbocycles. The van der Waals surface area contributed by atoms with E-state index in [9.17, 15) is 29.2 Å². The van der Waals surface area contributed by atoms with Gasteiger partial charge in [-0.05, 0) is 80.6 Å². The summed E-state index contributed by atoms with van der Waals surface area (Å²) in [5.41, 5.74) is -0.849. The number of pyridine rings is 1. The molecule has 5 amide bonds. The van der Waals surface area contributed by atoms with Crippen molar-refractivity contribution in [2.45, 2.75) is 62.6 Å². The first-order valence-corrected chi connectivity index (χ1v) is 19.1. The molecule has 14 nitrogen and oxygen atoms in total. The number of nitriles is 1. The van der Waals surface area contributed by atoms with Crippen molar-refractivity contribution in [1.29, 1.82) is 5.26 Å². The summed E-state index contributed by atoms with van der Waals surface area (Å²) in [5, 5.41) is 16.0. The highest BCUT2D eigenvalue weighted by molar-refractivity contribution is 6.35. The van der Waals surface area contributed by atoms with Crippen molar-refractivity contribution in [3.05, 3.63) is 105 Å². The quantitative estimate of drug-likeness (QED) is 0.250. The third-order valence-electron chi connectivity index (χ3n) is 11.2. The summed E-state index contributed by atoms with van der Waals surface area (Å²) in [6.45, 7) is 4.96. The summed E-state index contributed by atoms with van der Waals surface area (Å²) in [5.74, 6) is -1.41. The first-order valence-electron chi connectivity index (χ1n) is 18.3. The van der Waals surface area contributed by atoms with Crippen LogP contribution in [0.25, 0.3) is 0 Å². The van der Waals surface area contributed by atoms with Crippen LogP contribution in [0.3, 0.4) is 0 Å². The van der Waals surface area contributed by atoms with Crippen molar-refractivity contribution in [1.82, 2.24) is 35.0 Å². The highest BCUT2D eigenvalue weighted by atomic mass is 35.5. The molecule has 2 aliphatic carbocycles. The summed E-state index contributed by atoms with van der Waals surface area (Å²) in [6.07, 6.45) is 3.56. The Balaban J connectivity index is 1.03. The summed E-state index contributed by atoms with van der Waals surface area (Å²) >= 11 is 12.7. The largest absolute Gasteiger partial charge is 0.343 e. The highest BCUT2D eigenvalue weighted by Crippen LogP contribution is 2.48. The molecule has 3 fully saturated rings. The Labute approximate surface area is 332 Å². The van der Waals surface area contributed by atoms with Crippen LogP contribution in [-0.2, 0) is 31.9 Å². The lowest BCUT2D eigenvalue weighted by Gasteiger charge is -2.34. The number of rotatable bonds is 9. The SMILES string of the molecule is CC(=O)N1CCN(C(=O)c2cccc(C3(NC(=O)C4(NC(=O)c5cnc6n5[C@](C)(Cc5ccc(C#N)cc5)C(=O)N6c5cc(Cl)cc(Cl)c5)CC4)CC3)n2)CC1. The van der Waals surface area contributed by atoms with Gasteiger partial charge in [-0.3, -0.25) is 28.5 Å². The number of nitrogens with one attached hydrogen (secondary N) is 2. The van der Waals surface area contributed by atoms with Gasteiger partial charge in [-0.1, -0.05) is 41.4 Å². The van der Waals surface area contributed by atoms with Gasteiger partial charge < -0.3 is 20.4 Å². The minimum atomic E-state index is -1.35. The van der Waals surface area contributed by atoms with E-state index in [-0.39, 0.29) is 47.4 Å². The molecular formula is C40H37Cl2N9O5. The van der Waals surface area contributed by atoms with Crippen LogP contribution in [-0.4, -0.2) is 85.6 Å². The van der Waals surface area contributed by atoms with Gasteiger partial charge in [0.15, 0.2) is 0 Å². The van der Waals surface area contributed by atoms with Crippen molar-refractivity contribution < 1.29 is 24.0 Å². The van der Waals surface area contributed by atoms with Crippen LogP contribution in [0.4, 0.5) is 11.6 Å². The number of amides is 5. The van der Waals surface area contributed by atoms with E-state index in [1.807, 2.05) is 0 Å². The van der Waals surface area contributed by atoms with Crippen LogP contribution >= 0.6 is 23.2 Å². The second kappa shape index (κ2) is 13.8. The average molecular weight is 795 g/mol. The first-order chi connectivity index (χ1) is 26.8. The van der Waals surface area contributed by atoms with Gasteiger partial charge in [0.1, 0.15) is 22.5 Å². The van der Waals surface area contributed by atoms with Crippen LogP contribution in [0, 0.1) is 11.3 Å². The fourth-order valence-corrected chi connectivity index (χ4v) is 8.17. The van der Waals surface area contributed by atoms with Crippen molar-refractivity contribution in [3.8, 4) is 6.07 Å². The number of carbonyl (C=O) groups excluding carboxylic acids is 5. The van der Waals surface area contributed by atoms with E-state index >= 15 is 0 Å². The monoisotopic (exact) mass is 793 g/mol. The van der Waals surface area contributed by atoms with Crippen LogP contribution in [0.5, 0.6) is 0 Å². The Morgan fingerprint density at radius 3 is 2.16 bits per heavy atom. The number of piperazine rings is 1. The maximum absolute atomic E-state index is 14.5. The van der Waals surface area contributed by atoms with Crippen molar-refractivity contribution in [2.24, 2.45) is 0 Å². The summed E-state index contributed by atoms with van der Waals surface area (Å²) in [6, 6.07) is 18.9. The number of hydrogen-bond acceptors (Lipinski definition) is 8. The Hall–Kier alpha value is -5.78. The normalized spacial score (nSPS) is 20.2. The van der Waals surface area contributed by atoms with Crippen molar-refractivity contribution in [3.63, 3.8) is 0 Å². The Bertz CT molecular complexity index is 2340. The van der Waals surface area contributed by atoms with Gasteiger partial charge in [-0.15, -0.1) is 0 Å². The molecule has 0 bridgehead atoms. The smallest absolute Gasteiger partial charge is 0.272 e. The molecule has 56 heavy (non-hydrogen) atoms. The number of imidazole rings is 1. The predicted octanol–water partition coefficient (Wildman–Crippen LogP) is 4.46. The second-order valence-electron chi connectivity index (χ2n) is 15.1. The van der Waals surface area contributed by atoms with Crippen LogP contribution in [0.2, 0.25) is 10.0 Å².